The zero-order valence-electron chi connectivity index (χ0n) is 19.8. The van der Waals surface area contributed by atoms with Gasteiger partial charge in [-0.25, -0.2) is 0 Å². The summed E-state index contributed by atoms with van der Waals surface area (Å²) in [6, 6.07) is 16.1. The molecule has 0 amide bonds. The first-order valence-corrected chi connectivity index (χ1v) is 11.4. The molecule has 0 saturated carbocycles. The van der Waals surface area contributed by atoms with E-state index in [-0.39, 0.29) is 5.41 Å². The van der Waals surface area contributed by atoms with Crippen LogP contribution >= 0.6 is 0 Å². The lowest BCUT2D eigenvalue weighted by atomic mass is 9.83. The normalized spacial score (nSPS) is 21.0. The Morgan fingerprint density at radius 2 is 1.37 bits per heavy atom. The van der Waals surface area contributed by atoms with Gasteiger partial charge >= 0.3 is 0 Å². The smallest absolute Gasteiger partial charge is 0.00552 e. The van der Waals surface area contributed by atoms with Gasteiger partial charge in [-0.1, -0.05) is 97.7 Å². The zero-order chi connectivity index (χ0) is 21.6. The molecule has 2 unspecified atom stereocenters. The second kappa shape index (κ2) is 7.73. The van der Waals surface area contributed by atoms with Crippen molar-refractivity contribution < 1.29 is 0 Å². The third kappa shape index (κ3) is 3.73. The lowest BCUT2D eigenvalue weighted by molar-refractivity contribution is 0.571. The van der Waals surface area contributed by atoms with Gasteiger partial charge in [0, 0.05) is 11.8 Å². The molecule has 0 heteroatoms. The van der Waals surface area contributed by atoms with E-state index < -0.39 is 0 Å². The van der Waals surface area contributed by atoms with E-state index in [1.165, 1.54) is 57.4 Å². The van der Waals surface area contributed by atoms with E-state index in [2.05, 4.69) is 103 Å². The van der Waals surface area contributed by atoms with Crippen molar-refractivity contribution in [1.82, 2.24) is 0 Å². The molecular formula is C30H36. The molecule has 2 aromatic rings. The van der Waals surface area contributed by atoms with E-state index in [0.717, 1.165) is 0 Å². The highest BCUT2D eigenvalue weighted by Gasteiger charge is 2.27. The van der Waals surface area contributed by atoms with Gasteiger partial charge in [-0.3, -0.25) is 0 Å². The van der Waals surface area contributed by atoms with Crippen LogP contribution in [0.4, 0.5) is 0 Å². The van der Waals surface area contributed by atoms with Gasteiger partial charge in [0.05, 0.1) is 0 Å². The molecule has 0 bridgehead atoms. The molecule has 2 aromatic carbocycles. The standard InChI is InChI=1S/C30H36/c1-19-17-20(2)25(22(19)4)15-16-26-21(3)18-29-27(9-8-10-28(26)29)23-11-13-24(14-12-23)30(5,6)7/h8-14,17-18,25-26H,15-16H2,1-7H3. The molecule has 0 spiro atoms. The van der Waals surface area contributed by atoms with Gasteiger partial charge in [-0.15, -0.1) is 0 Å². The van der Waals surface area contributed by atoms with Crippen molar-refractivity contribution in [3.05, 3.63) is 87.5 Å². The van der Waals surface area contributed by atoms with Crippen LogP contribution in [-0.2, 0) is 5.41 Å². The molecule has 2 atom stereocenters. The summed E-state index contributed by atoms with van der Waals surface area (Å²) in [7, 11) is 0. The van der Waals surface area contributed by atoms with E-state index in [1.54, 1.807) is 5.57 Å². The number of hydrogen-bond donors (Lipinski definition) is 0. The molecule has 2 aliphatic rings. The van der Waals surface area contributed by atoms with Gasteiger partial charge in [0.25, 0.3) is 0 Å². The third-order valence-corrected chi connectivity index (χ3v) is 7.38. The third-order valence-electron chi connectivity index (χ3n) is 7.38. The van der Waals surface area contributed by atoms with E-state index >= 15 is 0 Å². The second-order valence-electron chi connectivity index (χ2n) is 10.5. The summed E-state index contributed by atoms with van der Waals surface area (Å²) < 4.78 is 0. The summed E-state index contributed by atoms with van der Waals surface area (Å²) in [6.07, 6.45) is 7.29. The molecule has 0 fully saturated rings. The average molecular weight is 397 g/mol. The maximum atomic E-state index is 2.44. The van der Waals surface area contributed by atoms with Crippen molar-refractivity contribution in [2.45, 2.75) is 72.6 Å². The van der Waals surface area contributed by atoms with Crippen molar-refractivity contribution in [2.24, 2.45) is 5.92 Å². The van der Waals surface area contributed by atoms with Crippen LogP contribution in [-0.4, -0.2) is 0 Å². The van der Waals surface area contributed by atoms with E-state index in [0.29, 0.717) is 11.8 Å². The monoisotopic (exact) mass is 396 g/mol. The van der Waals surface area contributed by atoms with Crippen LogP contribution in [0.2, 0.25) is 0 Å². The predicted molar refractivity (Wildman–Crippen MR) is 132 cm³/mol. The molecule has 0 N–H and O–H groups in total. The van der Waals surface area contributed by atoms with Crippen LogP contribution in [0.5, 0.6) is 0 Å². The Bertz CT molecular complexity index is 1050. The molecule has 0 nitrogen and oxygen atoms in total. The van der Waals surface area contributed by atoms with Crippen molar-refractivity contribution >= 4 is 6.08 Å². The lowest BCUT2D eigenvalue weighted by Crippen LogP contribution is -2.10. The van der Waals surface area contributed by atoms with Crippen LogP contribution in [0, 0.1) is 5.92 Å². The highest BCUT2D eigenvalue weighted by atomic mass is 14.3. The lowest BCUT2D eigenvalue weighted by Gasteiger charge is -2.21. The maximum Gasteiger partial charge on any atom is 0.00552 e. The number of allylic oxidation sites excluding steroid dienone is 5. The number of rotatable bonds is 4. The Morgan fingerprint density at radius 1 is 0.733 bits per heavy atom. The van der Waals surface area contributed by atoms with Crippen molar-refractivity contribution in [2.75, 3.05) is 0 Å². The van der Waals surface area contributed by atoms with Crippen LogP contribution < -0.4 is 0 Å². The first-order valence-electron chi connectivity index (χ1n) is 11.4. The Labute approximate surface area is 183 Å². The molecule has 156 valence electrons. The number of hydrogen-bond acceptors (Lipinski definition) is 0. The topological polar surface area (TPSA) is 0 Å². The highest BCUT2D eigenvalue weighted by Crippen LogP contribution is 2.45. The molecule has 0 aromatic heterocycles. The number of fused-ring (bicyclic) bond motifs is 1. The fourth-order valence-electron chi connectivity index (χ4n) is 5.36. The Kier molecular flexibility index (Phi) is 5.39. The number of benzene rings is 2. The molecular weight excluding hydrogens is 360 g/mol. The van der Waals surface area contributed by atoms with Crippen molar-refractivity contribution in [3.63, 3.8) is 0 Å². The second-order valence-corrected chi connectivity index (χ2v) is 10.5. The van der Waals surface area contributed by atoms with Gasteiger partial charge in [0.1, 0.15) is 0 Å². The van der Waals surface area contributed by atoms with E-state index in [4.69, 9.17) is 0 Å². The Balaban J connectivity index is 1.60. The van der Waals surface area contributed by atoms with Gasteiger partial charge in [-0.2, -0.15) is 0 Å². The first-order chi connectivity index (χ1) is 14.2. The maximum absolute atomic E-state index is 2.44. The summed E-state index contributed by atoms with van der Waals surface area (Å²) in [5, 5.41) is 0. The molecule has 30 heavy (non-hydrogen) atoms. The summed E-state index contributed by atoms with van der Waals surface area (Å²) in [4.78, 5) is 0. The summed E-state index contributed by atoms with van der Waals surface area (Å²) in [6.45, 7) is 16.0. The summed E-state index contributed by atoms with van der Waals surface area (Å²) in [5.74, 6) is 1.19. The van der Waals surface area contributed by atoms with Gasteiger partial charge < -0.3 is 0 Å². The van der Waals surface area contributed by atoms with Gasteiger partial charge in [0.2, 0.25) is 0 Å². The van der Waals surface area contributed by atoms with E-state index in [9.17, 15) is 0 Å². The molecule has 0 heterocycles. The van der Waals surface area contributed by atoms with Crippen LogP contribution in [0.3, 0.4) is 0 Å². The molecule has 0 radical (unpaired) electrons. The Hall–Kier alpha value is -2.34. The van der Waals surface area contributed by atoms with Crippen molar-refractivity contribution in [1.29, 1.82) is 0 Å². The quantitative estimate of drug-likeness (QED) is 0.484. The minimum absolute atomic E-state index is 0.191. The molecule has 0 saturated heterocycles. The summed E-state index contributed by atoms with van der Waals surface area (Å²) in [5.41, 5.74) is 13.3. The minimum atomic E-state index is 0.191. The fraction of sp³-hybridized carbons (Fsp3) is 0.400. The predicted octanol–water partition coefficient (Wildman–Crippen LogP) is 8.84. The van der Waals surface area contributed by atoms with Gasteiger partial charge in [0.15, 0.2) is 0 Å². The average Bonchev–Trinajstić information content (AvgIpc) is 3.14. The molecule has 4 rings (SSSR count). The SMILES string of the molecule is CC1=CC(C)=C(C)C1CCC1C(C)=Cc2c(-c3ccc(C(C)(C)C)cc3)cccc21. The minimum Gasteiger partial charge on any atom is -0.0659 e. The van der Waals surface area contributed by atoms with Gasteiger partial charge in [-0.05, 0) is 73.8 Å². The van der Waals surface area contributed by atoms with Crippen LogP contribution in [0.1, 0.15) is 83.9 Å². The Morgan fingerprint density at radius 3 is 1.97 bits per heavy atom. The highest BCUT2D eigenvalue weighted by molar-refractivity contribution is 5.81. The zero-order valence-corrected chi connectivity index (χ0v) is 19.8. The fourth-order valence-corrected chi connectivity index (χ4v) is 5.36. The molecule has 2 aliphatic carbocycles. The molecule has 0 aliphatic heterocycles. The largest absolute Gasteiger partial charge is 0.0659 e. The van der Waals surface area contributed by atoms with E-state index in [1.807, 2.05) is 0 Å². The van der Waals surface area contributed by atoms with Crippen LogP contribution in [0.15, 0.2) is 70.8 Å². The van der Waals surface area contributed by atoms with Crippen LogP contribution in [0.25, 0.3) is 17.2 Å². The first kappa shape index (κ1) is 20.9. The summed E-state index contributed by atoms with van der Waals surface area (Å²) >= 11 is 0. The van der Waals surface area contributed by atoms with Crippen molar-refractivity contribution in [3.8, 4) is 11.1 Å².